The fourth-order valence-electron chi connectivity index (χ4n) is 3.14. The van der Waals surface area contributed by atoms with Gasteiger partial charge in [0, 0.05) is 19.1 Å². The standard InChI is InChI=1S/C24H29N3O2/c1-17(2)27(14-21-12-18(3)10-11-19(21)4)15-23-26-22(16-29-23)24(28)25-13-20-8-6-5-7-9-20/h5-12,16-17H,13-15H2,1-4H3,(H,25,28). The first-order chi connectivity index (χ1) is 13.9. The van der Waals surface area contributed by atoms with Gasteiger partial charge < -0.3 is 9.73 Å². The molecule has 0 fully saturated rings. The number of nitrogens with one attached hydrogen (secondary N) is 1. The first-order valence-corrected chi connectivity index (χ1v) is 9.99. The van der Waals surface area contributed by atoms with E-state index in [1.165, 1.54) is 23.0 Å². The summed E-state index contributed by atoms with van der Waals surface area (Å²) in [6, 6.07) is 16.6. The van der Waals surface area contributed by atoms with Crippen LogP contribution in [-0.2, 0) is 19.6 Å². The fraction of sp³-hybridized carbons (Fsp3) is 0.333. The number of carbonyl (C=O) groups is 1. The molecule has 3 aromatic rings. The van der Waals surface area contributed by atoms with Gasteiger partial charge in [0.1, 0.15) is 6.26 Å². The van der Waals surface area contributed by atoms with Gasteiger partial charge in [0.2, 0.25) is 5.89 Å². The molecule has 29 heavy (non-hydrogen) atoms. The van der Waals surface area contributed by atoms with Crippen molar-refractivity contribution in [3.8, 4) is 0 Å². The van der Waals surface area contributed by atoms with Gasteiger partial charge in [0.25, 0.3) is 5.91 Å². The van der Waals surface area contributed by atoms with Crippen LogP contribution in [0.15, 0.2) is 59.2 Å². The Hall–Kier alpha value is -2.92. The van der Waals surface area contributed by atoms with Gasteiger partial charge in [0.15, 0.2) is 5.69 Å². The van der Waals surface area contributed by atoms with Crippen LogP contribution in [0.3, 0.4) is 0 Å². The van der Waals surface area contributed by atoms with Crippen LogP contribution >= 0.6 is 0 Å². The predicted octanol–water partition coefficient (Wildman–Crippen LogP) is 4.63. The van der Waals surface area contributed by atoms with Crippen LogP contribution in [0.2, 0.25) is 0 Å². The maximum atomic E-state index is 12.4. The second kappa shape index (κ2) is 9.52. The predicted molar refractivity (Wildman–Crippen MR) is 114 cm³/mol. The van der Waals surface area contributed by atoms with Crippen molar-refractivity contribution in [1.29, 1.82) is 0 Å². The number of aromatic nitrogens is 1. The second-order valence-corrected chi connectivity index (χ2v) is 7.72. The molecule has 0 bridgehead atoms. The van der Waals surface area contributed by atoms with Gasteiger partial charge in [-0.2, -0.15) is 0 Å². The van der Waals surface area contributed by atoms with E-state index in [0.717, 1.165) is 12.1 Å². The van der Waals surface area contributed by atoms with Crippen LogP contribution in [0.5, 0.6) is 0 Å². The first-order valence-electron chi connectivity index (χ1n) is 9.99. The van der Waals surface area contributed by atoms with Gasteiger partial charge in [-0.15, -0.1) is 0 Å². The van der Waals surface area contributed by atoms with Crippen molar-refractivity contribution in [2.24, 2.45) is 0 Å². The van der Waals surface area contributed by atoms with E-state index in [1.54, 1.807) is 0 Å². The summed E-state index contributed by atoms with van der Waals surface area (Å²) in [6.07, 6.45) is 1.44. The molecule has 0 atom stereocenters. The van der Waals surface area contributed by atoms with E-state index in [2.05, 4.69) is 61.1 Å². The van der Waals surface area contributed by atoms with Gasteiger partial charge in [0.05, 0.1) is 6.54 Å². The van der Waals surface area contributed by atoms with E-state index in [4.69, 9.17) is 4.42 Å². The lowest BCUT2D eigenvalue weighted by atomic mass is 10.0. The smallest absolute Gasteiger partial charge is 0.273 e. The summed E-state index contributed by atoms with van der Waals surface area (Å²) in [5, 5.41) is 2.88. The van der Waals surface area contributed by atoms with Crippen molar-refractivity contribution >= 4 is 5.91 Å². The summed E-state index contributed by atoms with van der Waals surface area (Å²) < 4.78 is 5.60. The Labute approximate surface area is 172 Å². The summed E-state index contributed by atoms with van der Waals surface area (Å²) in [4.78, 5) is 19.1. The van der Waals surface area contributed by atoms with Crippen LogP contribution in [0, 0.1) is 13.8 Å². The molecule has 0 aliphatic carbocycles. The number of hydrogen-bond acceptors (Lipinski definition) is 4. The third-order valence-electron chi connectivity index (χ3n) is 5.03. The van der Waals surface area contributed by atoms with Crippen molar-refractivity contribution in [1.82, 2.24) is 15.2 Å². The molecule has 0 spiro atoms. The molecule has 1 amide bonds. The molecule has 0 saturated heterocycles. The molecule has 1 N–H and O–H groups in total. The lowest BCUT2D eigenvalue weighted by molar-refractivity contribution is 0.0945. The van der Waals surface area contributed by atoms with Crippen LogP contribution in [0.1, 0.15) is 52.5 Å². The van der Waals surface area contributed by atoms with Crippen molar-refractivity contribution in [2.75, 3.05) is 0 Å². The van der Waals surface area contributed by atoms with Gasteiger partial charge in [-0.1, -0.05) is 54.1 Å². The molecule has 2 aromatic carbocycles. The molecule has 5 nitrogen and oxygen atoms in total. The Balaban J connectivity index is 1.63. The maximum Gasteiger partial charge on any atom is 0.273 e. The Bertz CT molecular complexity index is 948. The number of oxazole rings is 1. The van der Waals surface area contributed by atoms with Gasteiger partial charge in [-0.3, -0.25) is 9.69 Å². The zero-order valence-electron chi connectivity index (χ0n) is 17.6. The minimum absolute atomic E-state index is 0.227. The van der Waals surface area contributed by atoms with E-state index in [0.29, 0.717) is 30.7 Å². The highest BCUT2D eigenvalue weighted by Gasteiger charge is 2.17. The van der Waals surface area contributed by atoms with Crippen molar-refractivity contribution in [3.05, 3.63) is 88.6 Å². The average Bonchev–Trinajstić information content (AvgIpc) is 3.18. The third kappa shape index (κ3) is 5.78. The monoisotopic (exact) mass is 391 g/mol. The highest BCUT2D eigenvalue weighted by Crippen LogP contribution is 2.17. The van der Waals surface area contributed by atoms with Crippen molar-refractivity contribution < 1.29 is 9.21 Å². The SMILES string of the molecule is Cc1ccc(C)c(CN(Cc2nc(C(=O)NCc3ccccc3)co2)C(C)C)c1. The molecule has 3 rings (SSSR count). The number of nitrogens with zero attached hydrogens (tertiary/aromatic N) is 2. The molecule has 0 aliphatic heterocycles. The average molecular weight is 392 g/mol. The summed E-state index contributed by atoms with van der Waals surface area (Å²) in [6.45, 7) is 10.4. The summed E-state index contributed by atoms with van der Waals surface area (Å²) in [5.74, 6) is 0.323. The maximum absolute atomic E-state index is 12.4. The molecule has 5 heteroatoms. The Kier molecular flexibility index (Phi) is 6.83. The van der Waals surface area contributed by atoms with Crippen molar-refractivity contribution in [2.45, 2.75) is 53.4 Å². The Morgan fingerprint density at radius 1 is 1.10 bits per heavy atom. The zero-order valence-corrected chi connectivity index (χ0v) is 17.6. The molecular weight excluding hydrogens is 362 g/mol. The number of carbonyl (C=O) groups excluding carboxylic acids is 1. The molecule has 0 unspecified atom stereocenters. The molecular formula is C24H29N3O2. The van der Waals surface area contributed by atoms with Crippen LogP contribution in [0.25, 0.3) is 0 Å². The minimum atomic E-state index is -0.227. The van der Waals surface area contributed by atoms with Crippen LogP contribution in [0.4, 0.5) is 0 Å². The molecule has 1 aromatic heterocycles. The largest absolute Gasteiger partial charge is 0.447 e. The van der Waals surface area contributed by atoms with E-state index >= 15 is 0 Å². The molecule has 1 heterocycles. The highest BCUT2D eigenvalue weighted by atomic mass is 16.3. The zero-order chi connectivity index (χ0) is 20.8. The molecule has 0 saturated carbocycles. The topological polar surface area (TPSA) is 58.4 Å². The number of aryl methyl sites for hydroxylation is 2. The van der Waals surface area contributed by atoms with E-state index in [-0.39, 0.29) is 5.91 Å². The minimum Gasteiger partial charge on any atom is -0.447 e. The fourth-order valence-corrected chi connectivity index (χ4v) is 3.14. The van der Waals surface area contributed by atoms with E-state index < -0.39 is 0 Å². The van der Waals surface area contributed by atoms with E-state index in [1.807, 2.05) is 30.3 Å². The first kappa shape index (κ1) is 20.8. The number of hydrogen-bond donors (Lipinski definition) is 1. The van der Waals surface area contributed by atoms with E-state index in [9.17, 15) is 4.79 Å². The number of benzene rings is 2. The highest BCUT2D eigenvalue weighted by molar-refractivity contribution is 5.91. The summed E-state index contributed by atoms with van der Waals surface area (Å²) in [5.41, 5.74) is 5.18. The molecule has 0 aliphatic rings. The second-order valence-electron chi connectivity index (χ2n) is 7.72. The Morgan fingerprint density at radius 2 is 1.86 bits per heavy atom. The molecule has 0 radical (unpaired) electrons. The van der Waals surface area contributed by atoms with Crippen LogP contribution in [-0.4, -0.2) is 21.8 Å². The van der Waals surface area contributed by atoms with Crippen LogP contribution < -0.4 is 5.32 Å². The summed E-state index contributed by atoms with van der Waals surface area (Å²) >= 11 is 0. The summed E-state index contributed by atoms with van der Waals surface area (Å²) in [7, 11) is 0. The van der Waals surface area contributed by atoms with Gasteiger partial charge in [-0.05, 0) is 44.4 Å². The quantitative estimate of drug-likeness (QED) is 0.608. The third-order valence-corrected chi connectivity index (χ3v) is 5.03. The van der Waals surface area contributed by atoms with Gasteiger partial charge in [-0.25, -0.2) is 4.98 Å². The van der Waals surface area contributed by atoms with Crippen molar-refractivity contribution in [3.63, 3.8) is 0 Å². The van der Waals surface area contributed by atoms with Gasteiger partial charge >= 0.3 is 0 Å². The lowest BCUT2D eigenvalue weighted by Crippen LogP contribution is -2.30. The number of amides is 1. The number of rotatable bonds is 8. The normalized spacial score (nSPS) is 11.2. The molecule has 152 valence electrons. The Morgan fingerprint density at radius 3 is 2.59 bits per heavy atom. The lowest BCUT2D eigenvalue weighted by Gasteiger charge is -2.26.